The van der Waals surface area contributed by atoms with Gasteiger partial charge >= 0.3 is 12.0 Å². The third-order valence-corrected chi connectivity index (χ3v) is 4.57. The Hall–Kier alpha value is -2.15. The number of carboxylic acids is 1. The molecule has 0 aromatic heterocycles. The van der Waals surface area contributed by atoms with Gasteiger partial charge in [0, 0.05) is 18.1 Å². The summed E-state index contributed by atoms with van der Waals surface area (Å²) in [7, 11) is 0. The molecule has 2 rings (SSSR count). The Morgan fingerprint density at radius 2 is 2.04 bits per heavy atom. The van der Waals surface area contributed by atoms with Crippen molar-refractivity contribution in [3.63, 3.8) is 0 Å². The van der Waals surface area contributed by atoms with E-state index in [9.17, 15) is 14.0 Å². The molecule has 1 unspecified atom stereocenters. The maximum Gasteiger partial charge on any atom is 0.317 e. The smallest absolute Gasteiger partial charge is 0.317 e. The van der Waals surface area contributed by atoms with Gasteiger partial charge in [0.2, 0.25) is 0 Å². The molecule has 1 aliphatic rings. The third-order valence-electron chi connectivity index (χ3n) is 4.57. The summed E-state index contributed by atoms with van der Waals surface area (Å²) in [5.41, 5.74) is 0.575. The number of likely N-dealkylation sites (N-methyl/N-ethyl adjacent to an activating group) is 1. The van der Waals surface area contributed by atoms with Gasteiger partial charge in [0.25, 0.3) is 0 Å². The number of benzene rings is 1. The summed E-state index contributed by atoms with van der Waals surface area (Å²) in [6.07, 6.45) is 1.92. The van der Waals surface area contributed by atoms with Crippen LogP contribution in [0, 0.1) is 5.82 Å². The largest absolute Gasteiger partial charge is 0.480 e. The van der Waals surface area contributed by atoms with Gasteiger partial charge in [0.15, 0.2) is 0 Å². The zero-order valence-electron chi connectivity index (χ0n) is 14.7. The molecule has 2 amide bonds. The van der Waals surface area contributed by atoms with E-state index in [4.69, 9.17) is 5.11 Å². The molecule has 0 saturated heterocycles. The highest BCUT2D eigenvalue weighted by molar-refractivity contribution is 5.74. The van der Waals surface area contributed by atoms with Crippen LogP contribution in [0.25, 0.3) is 0 Å². The molecular formula is C18H26FN3O3. The first-order valence-electron chi connectivity index (χ1n) is 8.65. The topological polar surface area (TPSA) is 81.7 Å². The van der Waals surface area contributed by atoms with E-state index in [1.54, 1.807) is 18.2 Å². The van der Waals surface area contributed by atoms with E-state index >= 15 is 0 Å². The Kier molecular flexibility index (Phi) is 6.75. The van der Waals surface area contributed by atoms with Crippen LogP contribution >= 0.6 is 0 Å². The zero-order chi connectivity index (χ0) is 18.4. The number of carboxylic acid groups (broad SMARTS) is 1. The van der Waals surface area contributed by atoms with Crippen molar-refractivity contribution in [2.75, 3.05) is 13.1 Å². The first kappa shape index (κ1) is 19.2. The minimum Gasteiger partial charge on any atom is -0.480 e. The number of nitrogens with one attached hydrogen (secondary N) is 2. The van der Waals surface area contributed by atoms with Gasteiger partial charge in [0.05, 0.1) is 6.54 Å². The Balaban J connectivity index is 1.71. The van der Waals surface area contributed by atoms with Crippen LogP contribution in [0.15, 0.2) is 24.3 Å². The second-order valence-corrected chi connectivity index (χ2v) is 6.59. The fourth-order valence-electron chi connectivity index (χ4n) is 3.17. The maximum absolute atomic E-state index is 13.6. The number of halogens is 1. The van der Waals surface area contributed by atoms with Crippen LogP contribution in [0.4, 0.5) is 9.18 Å². The van der Waals surface area contributed by atoms with Crippen molar-refractivity contribution in [2.45, 2.75) is 51.2 Å². The van der Waals surface area contributed by atoms with E-state index in [2.05, 4.69) is 10.6 Å². The van der Waals surface area contributed by atoms with E-state index in [0.717, 1.165) is 12.8 Å². The average Bonchev–Trinajstić information content (AvgIpc) is 2.50. The molecule has 1 aliphatic carbocycles. The van der Waals surface area contributed by atoms with Gasteiger partial charge in [0.1, 0.15) is 5.82 Å². The van der Waals surface area contributed by atoms with Crippen LogP contribution < -0.4 is 10.6 Å². The number of carbonyl (C=O) groups is 2. The predicted octanol–water partition coefficient (Wildman–Crippen LogP) is 1.99. The number of carbonyl (C=O) groups excluding carboxylic acids is 1. The summed E-state index contributed by atoms with van der Waals surface area (Å²) in [4.78, 5) is 24.8. The van der Waals surface area contributed by atoms with Crippen molar-refractivity contribution in [1.82, 2.24) is 15.5 Å². The van der Waals surface area contributed by atoms with Crippen molar-refractivity contribution in [3.8, 4) is 0 Å². The second-order valence-electron chi connectivity index (χ2n) is 6.59. The van der Waals surface area contributed by atoms with Crippen molar-refractivity contribution in [1.29, 1.82) is 0 Å². The fraction of sp³-hybridized carbons (Fsp3) is 0.556. The van der Waals surface area contributed by atoms with E-state index in [-0.39, 0.29) is 36.5 Å². The first-order valence-corrected chi connectivity index (χ1v) is 8.65. The molecule has 1 aromatic carbocycles. The fourth-order valence-corrected chi connectivity index (χ4v) is 3.17. The van der Waals surface area contributed by atoms with Crippen molar-refractivity contribution < 1.29 is 19.1 Å². The second kappa shape index (κ2) is 8.80. The summed E-state index contributed by atoms with van der Waals surface area (Å²) in [5.74, 6) is -1.10. The third kappa shape index (κ3) is 5.70. The molecule has 0 heterocycles. The maximum atomic E-state index is 13.6. The van der Waals surface area contributed by atoms with Crippen molar-refractivity contribution in [2.24, 2.45) is 0 Å². The van der Waals surface area contributed by atoms with E-state index in [1.165, 1.54) is 6.07 Å². The molecule has 1 saturated carbocycles. The summed E-state index contributed by atoms with van der Waals surface area (Å²) in [6, 6.07) is 6.32. The molecule has 1 fully saturated rings. The van der Waals surface area contributed by atoms with E-state index in [1.807, 2.05) is 18.7 Å². The number of rotatable bonds is 8. The lowest BCUT2D eigenvalue weighted by atomic mass is 9.85. The van der Waals surface area contributed by atoms with Crippen molar-refractivity contribution in [3.05, 3.63) is 35.6 Å². The monoisotopic (exact) mass is 351 g/mol. The summed E-state index contributed by atoms with van der Waals surface area (Å²) < 4.78 is 13.6. The number of aliphatic carboxylic acids is 1. The highest BCUT2D eigenvalue weighted by Crippen LogP contribution is 2.25. The standard InChI is InChI=1S/C18H26FN3O3/c1-3-22(11-17(23)24)15-9-14(10-15)21-18(25)20-12(2)8-13-6-4-5-7-16(13)19/h4-7,12,14-15H,3,8-11H2,1-2H3,(H,23,24)(H2,20,21,25). The summed E-state index contributed by atoms with van der Waals surface area (Å²) >= 11 is 0. The average molecular weight is 351 g/mol. The van der Waals surface area contributed by atoms with Gasteiger partial charge in [-0.05, 0) is 44.4 Å². The van der Waals surface area contributed by atoms with Crippen molar-refractivity contribution >= 4 is 12.0 Å². The lowest BCUT2D eigenvalue weighted by molar-refractivity contribution is -0.139. The quantitative estimate of drug-likeness (QED) is 0.669. The highest BCUT2D eigenvalue weighted by Gasteiger charge is 2.34. The predicted molar refractivity (Wildman–Crippen MR) is 92.9 cm³/mol. The molecule has 0 radical (unpaired) electrons. The molecule has 1 aromatic rings. The van der Waals surface area contributed by atoms with Gasteiger partial charge in [-0.3, -0.25) is 9.69 Å². The Labute approximate surface area is 147 Å². The van der Waals surface area contributed by atoms with E-state index in [0.29, 0.717) is 18.5 Å². The molecule has 7 heteroatoms. The molecule has 3 N–H and O–H groups in total. The van der Waals surface area contributed by atoms with Crippen LogP contribution in [-0.2, 0) is 11.2 Å². The Morgan fingerprint density at radius 3 is 2.64 bits per heavy atom. The van der Waals surface area contributed by atoms with Gasteiger partial charge in [-0.25, -0.2) is 9.18 Å². The molecule has 0 spiro atoms. The van der Waals surface area contributed by atoms with Crippen LogP contribution in [0.2, 0.25) is 0 Å². The minimum absolute atomic E-state index is 0.0275. The summed E-state index contributed by atoms with van der Waals surface area (Å²) in [5, 5.41) is 14.6. The Morgan fingerprint density at radius 1 is 1.36 bits per heavy atom. The molecule has 6 nitrogen and oxygen atoms in total. The molecule has 0 bridgehead atoms. The molecular weight excluding hydrogens is 325 g/mol. The van der Waals surface area contributed by atoms with Gasteiger partial charge in [-0.1, -0.05) is 25.1 Å². The normalized spacial score (nSPS) is 20.6. The number of hydrogen-bond acceptors (Lipinski definition) is 3. The minimum atomic E-state index is -0.835. The van der Waals surface area contributed by atoms with Gasteiger partial charge < -0.3 is 15.7 Å². The van der Waals surface area contributed by atoms with Gasteiger partial charge in [-0.2, -0.15) is 0 Å². The zero-order valence-corrected chi connectivity index (χ0v) is 14.7. The van der Waals surface area contributed by atoms with Crippen LogP contribution in [0.1, 0.15) is 32.3 Å². The lowest BCUT2D eigenvalue weighted by Crippen LogP contribution is -2.57. The summed E-state index contributed by atoms with van der Waals surface area (Å²) in [6.45, 7) is 4.47. The molecule has 1 atom stereocenters. The van der Waals surface area contributed by atoms with Crippen LogP contribution in [0.5, 0.6) is 0 Å². The number of urea groups is 1. The molecule has 0 aliphatic heterocycles. The van der Waals surface area contributed by atoms with Gasteiger partial charge in [-0.15, -0.1) is 0 Å². The number of hydrogen-bond donors (Lipinski definition) is 3. The molecule has 138 valence electrons. The lowest BCUT2D eigenvalue weighted by Gasteiger charge is -2.42. The van der Waals surface area contributed by atoms with Crippen LogP contribution in [0.3, 0.4) is 0 Å². The number of amides is 2. The van der Waals surface area contributed by atoms with E-state index < -0.39 is 5.97 Å². The van der Waals surface area contributed by atoms with Crippen LogP contribution in [-0.4, -0.2) is 53.2 Å². The molecule has 25 heavy (non-hydrogen) atoms. The SMILES string of the molecule is CCN(CC(=O)O)C1CC(NC(=O)NC(C)Cc2ccccc2F)C1. The Bertz CT molecular complexity index is 605. The highest BCUT2D eigenvalue weighted by atomic mass is 19.1. The number of nitrogens with zero attached hydrogens (tertiary/aromatic N) is 1. The first-order chi connectivity index (χ1) is 11.9.